The van der Waals surface area contributed by atoms with Gasteiger partial charge in [-0.25, -0.2) is 17.2 Å². The van der Waals surface area contributed by atoms with E-state index in [1.165, 1.54) is 6.20 Å². The van der Waals surface area contributed by atoms with E-state index in [-0.39, 0.29) is 18.7 Å². The van der Waals surface area contributed by atoms with Crippen LogP contribution in [0.4, 0.5) is 8.78 Å². The molecule has 1 N–H and O–H groups in total. The van der Waals surface area contributed by atoms with Crippen LogP contribution in [0.3, 0.4) is 0 Å². The number of aryl methyl sites for hydroxylation is 1. The molecule has 1 aromatic heterocycles. The van der Waals surface area contributed by atoms with Crippen LogP contribution in [-0.4, -0.2) is 54.7 Å². The number of halogens is 2. The second-order valence-electron chi connectivity index (χ2n) is 3.86. The molecule has 0 fully saturated rings. The summed E-state index contributed by atoms with van der Waals surface area (Å²) in [6, 6.07) is 5.09. The summed E-state index contributed by atoms with van der Waals surface area (Å²) in [6.45, 7) is -1.71. The summed E-state index contributed by atoms with van der Waals surface area (Å²) in [6.07, 6.45) is -1.09. The fourth-order valence-corrected chi connectivity index (χ4v) is 2.94. The van der Waals surface area contributed by atoms with Crippen LogP contribution in [0, 0.1) is 0 Å². The maximum absolute atomic E-state index is 12.3. The Kier molecular flexibility index (Phi) is 6.26. The lowest BCUT2D eigenvalue weighted by atomic mass is 10.3. The molecule has 8 heteroatoms. The monoisotopic (exact) mass is 294 g/mol. The van der Waals surface area contributed by atoms with Crippen LogP contribution in [0.1, 0.15) is 5.69 Å². The number of aromatic nitrogens is 1. The van der Waals surface area contributed by atoms with Crippen LogP contribution in [-0.2, 0) is 16.4 Å². The molecular weight excluding hydrogens is 278 g/mol. The molecule has 5 nitrogen and oxygen atoms in total. The van der Waals surface area contributed by atoms with E-state index in [0.717, 1.165) is 0 Å². The molecule has 1 aromatic rings. The molecule has 0 saturated heterocycles. The van der Waals surface area contributed by atoms with Crippen molar-refractivity contribution in [2.75, 3.05) is 25.4 Å². The van der Waals surface area contributed by atoms with E-state index in [0.29, 0.717) is 10.00 Å². The first-order chi connectivity index (χ1) is 8.95. The maximum Gasteiger partial charge on any atom is 0.252 e. The van der Waals surface area contributed by atoms with Crippen molar-refractivity contribution in [3.63, 3.8) is 0 Å². The number of rotatable bonds is 8. The first-order valence-corrected chi connectivity index (χ1v) is 7.33. The van der Waals surface area contributed by atoms with Crippen molar-refractivity contribution >= 4 is 10.0 Å². The third kappa shape index (κ3) is 5.58. The topological polar surface area (TPSA) is 70.5 Å². The summed E-state index contributed by atoms with van der Waals surface area (Å²) in [4.78, 5) is 3.97. The van der Waals surface area contributed by atoms with Crippen LogP contribution in [0.25, 0.3) is 0 Å². The van der Waals surface area contributed by atoms with Crippen molar-refractivity contribution in [3.8, 4) is 0 Å². The lowest BCUT2D eigenvalue weighted by molar-refractivity contribution is 0.113. The van der Waals surface area contributed by atoms with E-state index < -0.39 is 29.6 Å². The third-order valence-corrected chi connectivity index (χ3v) is 4.27. The van der Waals surface area contributed by atoms with E-state index in [1.807, 2.05) is 0 Å². The van der Waals surface area contributed by atoms with E-state index >= 15 is 0 Å². The van der Waals surface area contributed by atoms with E-state index in [9.17, 15) is 17.2 Å². The SMILES string of the molecule is O=S(=O)(CCc1ccccn1)N(CCO)CC(F)F. The molecular formula is C11H16F2N2O3S. The average Bonchev–Trinajstić information content (AvgIpc) is 2.37. The van der Waals surface area contributed by atoms with Gasteiger partial charge in [0.15, 0.2) is 0 Å². The first-order valence-electron chi connectivity index (χ1n) is 5.72. The van der Waals surface area contributed by atoms with Gasteiger partial charge in [-0.1, -0.05) is 6.07 Å². The number of pyridine rings is 1. The minimum Gasteiger partial charge on any atom is -0.395 e. The zero-order valence-corrected chi connectivity index (χ0v) is 11.1. The van der Waals surface area contributed by atoms with Crippen LogP contribution in [0.15, 0.2) is 24.4 Å². The third-order valence-electron chi connectivity index (χ3n) is 2.43. The van der Waals surface area contributed by atoms with Gasteiger partial charge in [-0.15, -0.1) is 0 Å². The molecule has 0 aromatic carbocycles. The van der Waals surface area contributed by atoms with Crippen LogP contribution >= 0.6 is 0 Å². The van der Waals surface area contributed by atoms with Gasteiger partial charge in [0.1, 0.15) is 0 Å². The van der Waals surface area contributed by atoms with Gasteiger partial charge < -0.3 is 5.11 Å². The van der Waals surface area contributed by atoms with E-state index in [2.05, 4.69) is 4.98 Å². The summed E-state index contributed by atoms with van der Waals surface area (Å²) in [5.74, 6) is -0.309. The molecule has 0 spiro atoms. The van der Waals surface area contributed by atoms with Crippen LogP contribution in [0.5, 0.6) is 0 Å². The molecule has 0 unspecified atom stereocenters. The standard InChI is InChI=1S/C11H16F2N2O3S/c12-11(13)9-15(6-7-16)19(17,18)8-4-10-3-1-2-5-14-10/h1-3,5,11,16H,4,6-9H2. The van der Waals surface area contributed by atoms with E-state index in [4.69, 9.17) is 5.11 Å². The highest BCUT2D eigenvalue weighted by atomic mass is 32.2. The van der Waals surface area contributed by atoms with Crippen LogP contribution in [0.2, 0.25) is 0 Å². The Balaban J connectivity index is 2.66. The molecule has 0 amide bonds. The lowest BCUT2D eigenvalue weighted by Crippen LogP contribution is -2.39. The number of aliphatic hydroxyl groups excluding tert-OH is 1. The predicted molar refractivity (Wildman–Crippen MR) is 66.4 cm³/mol. The van der Waals surface area contributed by atoms with Crippen molar-refractivity contribution in [1.29, 1.82) is 0 Å². The van der Waals surface area contributed by atoms with Gasteiger partial charge in [-0.3, -0.25) is 4.98 Å². The summed E-state index contributed by atoms with van der Waals surface area (Å²) < 4.78 is 49.0. The second kappa shape index (κ2) is 7.46. The van der Waals surface area contributed by atoms with Gasteiger partial charge >= 0.3 is 0 Å². The number of hydrogen-bond acceptors (Lipinski definition) is 4. The Labute approximate surface area is 110 Å². The predicted octanol–water partition coefficient (Wildman–Crippen LogP) is 0.513. The Morgan fingerprint density at radius 3 is 2.63 bits per heavy atom. The fourth-order valence-electron chi connectivity index (χ4n) is 1.52. The highest BCUT2D eigenvalue weighted by Gasteiger charge is 2.24. The van der Waals surface area contributed by atoms with E-state index in [1.54, 1.807) is 18.2 Å². The molecule has 0 saturated carbocycles. The van der Waals surface area contributed by atoms with Crippen LogP contribution < -0.4 is 0 Å². The summed E-state index contributed by atoms with van der Waals surface area (Å²) >= 11 is 0. The molecule has 108 valence electrons. The van der Waals surface area contributed by atoms with Gasteiger partial charge in [-0.05, 0) is 12.1 Å². The van der Waals surface area contributed by atoms with Crippen molar-refractivity contribution in [3.05, 3.63) is 30.1 Å². The summed E-state index contributed by atoms with van der Waals surface area (Å²) in [7, 11) is -3.82. The smallest absolute Gasteiger partial charge is 0.252 e. The zero-order valence-electron chi connectivity index (χ0n) is 10.2. The molecule has 0 radical (unpaired) electrons. The lowest BCUT2D eigenvalue weighted by Gasteiger charge is -2.20. The minimum atomic E-state index is -3.82. The molecule has 19 heavy (non-hydrogen) atoms. The van der Waals surface area contributed by atoms with Gasteiger partial charge in [0.2, 0.25) is 10.0 Å². The molecule has 0 aliphatic carbocycles. The minimum absolute atomic E-state index is 0.147. The fraction of sp³-hybridized carbons (Fsp3) is 0.545. The second-order valence-corrected chi connectivity index (χ2v) is 5.95. The van der Waals surface area contributed by atoms with Crippen molar-refractivity contribution in [2.24, 2.45) is 0 Å². The first kappa shape index (κ1) is 15.9. The maximum atomic E-state index is 12.3. The van der Waals surface area contributed by atoms with Gasteiger partial charge in [0, 0.05) is 24.9 Å². The Bertz CT molecular complexity index is 468. The van der Waals surface area contributed by atoms with Crippen molar-refractivity contribution < 1.29 is 22.3 Å². The number of hydrogen-bond donors (Lipinski definition) is 1. The van der Waals surface area contributed by atoms with Crippen molar-refractivity contribution in [1.82, 2.24) is 9.29 Å². The number of sulfonamides is 1. The number of alkyl halides is 2. The van der Waals surface area contributed by atoms with Gasteiger partial charge in [0.25, 0.3) is 6.43 Å². The highest BCUT2D eigenvalue weighted by Crippen LogP contribution is 2.08. The molecule has 0 atom stereocenters. The normalized spacial score (nSPS) is 12.3. The molecule has 0 aliphatic rings. The molecule has 1 rings (SSSR count). The zero-order chi connectivity index (χ0) is 14.3. The molecule has 0 bridgehead atoms. The molecule has 1 heterocycles. The Morgan fingerprint density at radius 1 is 1.37 bits per heavy atom. The Hall–Kier alpha value is -1.12. The van der Waals surface area contributed by atoms with Crippen molar-refractivity contribution in [2.45, 2.75) is 12.8 Å². The van der Waals surface area contributed by atoms with Gasteiger partial charge in [0.05, 0.1) is 18.9 Å². The quantitative estimate of drug-likeness (QED) is 0.758. The molecule has 0 aliphatic heterocycles. The largest absolute Gasteiger partial charge is 0.395 e. The van der Waals surface area contributed by atoms with Gasteiger partial charge in [-0.2, -0.15) is 4.31 Å². The number of aliphatic hydroxyl groups is 1. The number of nitrogens with zero attached hydrogens (tertiary/aromatic N) is 2. The Morgan fingerprint density at radius 2 is 2.11 bits per heavy atom. The highest BCUT2D eigenvalue weighted by molar-refractivity contribution is 7.89. The summed E-state index contributed by atoms with van der Waals surface area (Å²) in [5.41, 5.74) is 0.576. The summed E-state index contributed by atoms with van der Waals surface area (Å²) in [5, 5.41) is 8.73. The average molecular weight is 294 g/mol.